The third-order valence-electron chi connectivity index (χ3n) is 7.99. The Morgan fingerprint density at radius 3 is 2.35 bits per heavy atom. The minimum atomic E-state index is -4.75. The van der Waals surface area contributed by atoms with Gasteiger partial charge < -0.3 is 24.3 Å². The molecule has 3 aromatic heterocycles. The summed E-state index contributed by atoms with van der Waals surface area (Å²) < 4.78 is 44.6. The van der Waals surface area contributed by atoms with Gasteiger partial charge in [-0.2, -0.15) is 13.2 Å². The minimum absolute atomic E-state index is 0.00575. The first-order chi connectivity index (χ1) is 21.6. The molecule has 46 heavy (non-hydrogen) atoms. The number of halogens is 3. The Kier molecular flexibility index (Phi) is 10.4. The van der Waals surface area contributed by atoms with Crippen LogP contribution in [-0.4, -0.2) is 56.5 Å². The van der Waals surface area contributed by atoms with Crippen LogP contribution in [0.2, 0.25) is 0 Å². The second-order valence-corrected chi connectivity index (χ2v) is 12.4. The number of carbonyl (C=O) groups is 2. The lowest BCUT2D eigenvalue weighted by molar-refractivity contribution is -0.139. The third kappa shape index (κ3) is 7.85. The van der Waals surface area contributed by atoms with Crippen molar-refractivity contribution in [3.05, 3.63) is 93.3 Å². The molecule has 0 aliphatic heterocycles. The number of carboxylic acid groups (broad SMARTS) is 1. The summed E-state index contributed by atoms with van der Waals surface area (Å²) in [7, 11) is 3.46. The molecule has 246 valence electrons. The second kappa shape index (κ2) is 13.9. The van der Waals surface area contributed by atoms with E-state index >= 15 is 0 Å². The van der Waals surface area contributed by atoms with Gasteiger partial charge in [0.25, 0.3) is 5.56 Å². The highest BCUT2D eigenvalue weighted by Gasteiger charge is 2.36. The molecule has 1 aromatic carbocycles. The summed E-state index contributed by atoms with van der Waals surface area (Å²) in [6, 6.07) is 6.04. The molecule has 2 atom stereocenters. The largest absolute Gasteiger partial charge is 0.481 e. The lowest BCUT2D eigenvalue weighted by atomic mass is 9.93. The van der Waals surface area contributed by atoms with Gasteiger partial charge >= 0.3 is 12.1 Å². The normalized spacial score (nSPS) is 13.4. The number of hydrogen-bond acceptors (Lipinski definition) is 5. The number of fused-ring (bicyclic) bond motifs is 1. The van der Waals surface area contributed by atoms with E-state index < -0.39 is 47.7 Å². The van der Waals surface area contributed by atoms with E-state index in [1.165, 1.54) is 0 Å². The number of rotatable bonds is 12. The highest BCUT2D eigenvalue weighted by Crippen LogP contribution is 2.34. The predicted molar refractivity (Wildman–Crippen MR) is 170 cm³/mol. The molecule has 3 heterocycles. The fourth-order valence-corrected chi connectivity index (χ4v) is 5.80. The van der Waals surface area contributed by atoms with E-state index in [2.05, 4.69) is 10.3 Å². The SMILES string of the molecule is Cc1cccc(C)c1-c1cc([C@H](CC(=O)O)NC(=O)[C@H](CC(C)C)n2cc(CCN(C)C)c(C(F)(F)F)cc2=O)cn2ccnc12. The number of aryl methyl sites for hydroxylation is 2. The van der Waals surface area contributed by atoms with E-state index in [4.69, 9.17) is 0 Å². The van der Waals surface area contributed by atoms with Gasteiger partial charge in [-0.05, 0) is 80.6 Å². The number of nitrogens with zero attached hydrogens (tertiary/aromatic N) is 4. The molecule has 2 N–H and O–H groups in total. The maximum atomic E-state index is 14.0. The molecule has 0 aliphatic rings. The van der Waals surface area contributed by atoms with Gasteiger partial charge in [0.15, 0.2) is 0 Å². The molecule has 0 radical (unpaired) electrons. The Bertz CT molecular complexity index is 1770. The van der Waals surface area contributed by atoms with Crippen molar-refractivity contribution in [3.63, 3.8) is 0 Å². The van der Waals surface area contributed by atoms with Crippen LogP contribution in [0.4, 0.5) is 13.2 Å². The van der Waals surface area contributed by atoms with Crippen molar-refractivity contribution in [1.29, 1.82) is 0 Å². The van der Waals surface area contributed by atoms with Gasteiger partial charge in [0.2, 0.25) is 5.91 Å². The van der Waals surface area contributed by atoms with Crippen LogP contribution in [-0.2, 0) is 22.2 Å². The number of carbonyl (C=O) groups excluding carboxylic acids is 1. The van der Waals surface area contributed by atoms with Crippen LogP contribution in [0.5, 0.6) is 0 Å². The molecule has 12 heteroatoms. The molecule has 9 nitrogen and oxygen atoms in total. The number of amides is 1. The van der Waals surface area contributed by atoms with Crippen LogP contribution >= 0.6 is 0 Å². The summed E-state index contributed by atoms with van der Waals surface area (Å²) in [6.45, 7) is 7.90. The monoisotopic (exact) mass is 639 g/mol. The average Bonchev–Trinajstić information content (AvgIpc) is 3.43. The number of imidazole rings is 1. The van der Waals surface area contributed by atoms with Crippen molar-refractivity contribution in [1.82, 2.24) is 24.2 Å². The topological polar surface area (TPSA) is 109 Å². The van der Waals surface area contributed by atoms with Crippen molar-refractivity contribution in [2.24, 2.45) is 5.92 Å². The van der Waals surface area contributed by atoms with Crippen LogP contribution in [0, 0.1) is 19.8 Å². The number of carboxylic acids is 1. The summed E-state index contributed by atoms with van der Waals surface area (Å²) in [5, 5.41) is 12.7. The molecule has 0 saturated carbocycles. The van der Waals surface area contributed by atoms with Crippen LogP contribution in [0.3, 0.4) is 0 Å². The molecule has 0 unspecified atom stereocenters. The van der Waals surface area contributed by atoms with Crippen LogP contribution in [0.15, 0.2) is 59.9 Å². The number of pyridine rings is 2. The highest BCUT2D eigenvalue weighted by atomic mass is 19.4. The molecule has 0 bridgehead atoms. The van der Waals surface area contributed by atoms with Crippen LogP contribution in [0.25, 0.3) is 16.8 Å². The van der Waals surface area contributed by atoms with Crippen molar-refractivity contribution >= 4 is 17.5 Å². The van der Waals surface area contributed by atoms with E-state index in [9.17, 15) is 32.7 Å². The highest BCUT2D eigenvalue weighted by molar-refractivity contribution is 5.84. The van der Waals surface area contributed by atoms with Crippen LogP contribution < -0.4 is 10.9 Å². The summed E-state index contributed by atoms with van der Waals surface area (Å²) >= 11 is 0. The summed E-state index contributed by atoms with van der Waals surface area (Å²) in [4.78, 5) is 45.5. The van der Waals surface area contributed by atoms with E-state index in [1.54, 1.807) is 42.0 Å². The number of aliphatic carboxylic acids is 1. The molecular weight excluding hydrogens is 599 g/mol. The average molecular weight is 640 g/mol. The van der Waals surface area contributed by atoms with E-state index in [-0.39, 0.29) is 24.3 Å². The van der Waals surface area contributed by atoms with Gasteiger partial charge in [-0.3, -0.25) is 14.4 Å². The van der Waals surface area contributed by atoms with E-state index in [0.717, 1.165) is 33.0 Å². The maximum absolute atomic E-state index is 14.0. The first-order valence-electron chi connectivity index (χ1n) is 15.1. The van der Waals surface area contributed by atoms with Crippen LogP contribution in [0.1, 0.15) is 66.6 Å². The van der Waals surface area contributed by atoms with E-state index in [1.807, 2.05) is 52.0 Å². The number of hydrogen-bond donors (Lipinski definition) is 2. The lowest BCUT2D eigenvalue weighted by Gasteiger charge is -2.26. The fraction of sp³-hybridized carbons (Fsp3) is 0.412. The summed E-state index contributed by atoms with van der Waals surface area (Å²) in [5.41, 5.74) is 2.72. The molecular formula is C34H40F3N5O4. The molecule has 0 saturated heterocycles. The Balaban J connectivity index is 1.81. The van der Waals surface area contributed by atoms with Gasteiger partial charge in [0.05, 0.1) is 18.0 Å². The number of alkyl halides is 3. The molecule has 0 aliphatic carbocycles. The van der Waals surface area contributed by atoms with Gasteiger partial charge in [-0.15, -0.1) is 0 Å². The Morgan fingerprint density at radius 2 is 1.76 bits per heavy atom. The number of benzene rings is 1. The number of nitrogens with one attached hydrogen (secondary N) is 1. The molecule has 1 amide bonds. The summed E-state index contributed by atoms with van der Waals surface area (Å²) in [5.74, 6) is -1.95. The maximum Gasteiger partial charge on any atom is 0.416 e. The van der Waals surface area contributed by atoms with Crippen molar-refractivity contribution < 1.29 is 27.9 Å². The molecule has 0 spiro atoms. The fourth-order valence-electron chi connectivity index (χ4n) is 5.80. The van der Waals surface area contributed by atoms with Crippen molar-refractivity contribution in [2.75, 3.05) is 20.6 Å². The quantitative estimate of drug-likeness (QED) is 0.202. The van der Waals surface area contributed by atoms with Gasteiger partial charge in [0.1, 0.15) is 11.7 Å². The standard InChI is InChI=1S/C34H40F3N5O4/c1-20(2)14-28(42-19-23(10-12-40(5)6)26(16-29(42)43)34(35,36)37)33(46)39-27(17-30(44)45)24-15-25(32-38-11-13-41(32)18-24)31-21(3)8-7-9-22(31)4/h7-9,11,13,15-16,18-20,27-28H,10,12,14,17H2,1-6H3,(H,39,46)(H,44,45)/t27-,28-/m0/s1. The lowest BCUT2D eigenvalue weighted by Crippen LogP contribution is -2.40. The van der Waals surface area contributed by atoms with Gasteiger partial charge in [0, 0.05) is 43.0 Å². The van der Waals surface area contributed by atoms with Gasteiger partial charge in [-0.25, -0.2) is 4.98 Å². The zero-order chi connectivity index (χ0) is 33.9. The number of likely N-dealkylation sites (N-methyl/N-ethyl adjacent to an activating group) is 1. The predicted octanol–water partition coefficient (Wildman–Crippen LogP) is 5.82. The van der Waals surface area contributed by atoms with Crippen molar-refractivity contribution in [3.8, 4) is 11.1 Å². The van der Waals surface area contributed by atoms with E-state index in [0.29, 0.717) is 23.8 Å². The zero-order valence-electron chi connectivity index (χ0n) is 26.9. The zero-order valence-corrected chi connectivity index (χ0v) is 26.9. The molecule has 0 fully saturated rings. The smallest absolute Gasteiger partial charge is 0.416 e. The van der Waals surface area contributed by atoms with Gasteiger partial charge in [-0.1, -0.05) is 32.0 Å². The Hall–Kier alpha value is -4.45. The first kappa shape index (κ1) is 34.4. The first-order valence-corrected chi connectivity index (χ1v) is 15.1. The Morgan fingerprint density at radius 1 is 1.09 bits per heavy atom. The molecule has 4 aromatic rings. The summed E-state index contributed by atoms with van der Waals surface area (Å²) in [6.07, 6.45) is 1.12. The minimum Gasteiger partial charge on any atom is -0.481 e. The third-order valence-corrected chi connectivity index (χ3v) is 7.99. The second-order valence-electron chi connectivity index (χ2n) is 12.4. The molecule has 4 rings (SSSR count). The van der Waals surface area contributed by atoms with Crippen molar-refractivity contribution in [2.45, 2.75) is 65.2 Å². The Labute approximate surface area is 265 Å². The number of aromatic nitrogens is 3.